The van der Waals surface area contributed by atoms with Crippen LogP contribution in [-0.2, 0) is 21.4 Å². The quantitative estimate of drug-likeness (QED) is 0.318. The fraction of sp³-hybridized carbons (Fsp3) is 0.241. The highest BCUT2D eigenvalue weighted by atomic mass is 79.9. The summed E-state index contributed by atoms with van der Waals surface area (Å²) < 4.78 is 28.6. The molecule has 0 unspecified atom stereocenters. The van der Waals surface area contributed by atoms with E-state index < -0.39 is 10.0 Å². The zero-order valence-corrected chi connectivity index (χ0v) is 23.2. The minimum Gasteiger partial charge on any atom is -0.300 e. The molecule has 8 heteroatoms. The van der Waals surface area contributed by atoms with Gasteiger partial charge in [-0.1, -0.05) is 72.6 Å². The summed E-state index contributed by atoms with van der Waals surface area (Å²) in [6.45, 7) is 4.36. The lowest BCUT2D eigenvalue weighted by atomic mass is 9.86. The minimum absolute atomic E-state index is 0.0966. The van der Waals surface area contributed by atoms with E-state index in [1.807, 2.05) is 55.5 Å². The standard InChI is InChI=1S/C29H29BrN2O4S/c1-3-5-17-31-37(35,36)24-15-12-21(13-16-24)29(34)32-19-22-11-14-23(30)18-25(22)27(28(32)26(33)4-2)20-9-7-6-8-10-20/h6-16,18,31H,3-5,17,19H2,1-2H3. The maximum absolute atomic E-state index is 13.8. The van der Waals surface area contributed by atoms with E-state index in [0.717, 1.165) is 34.0 Å². The molecule has 0 spiro atoms. The number of carbonyl (C=O) groups excluding carboxylic acids is 2. The molecule has 1 heterocycles. The van der Waals surface area contributed by atoms with Gasteiger partial charge in [0.2, 0.25) is 10.0 Å². The summed E-state index contributed by atoms with van der Waals surface area (Å²) >= 11 is 3.55. The van der Waals surface area contributed by atoms with E-state index in [4.69, 9.17) is 0 Å². The number of nitrogens with zero attached hydrogens (tertiary/aromatic N) is 1. The van der Waals surface area contributed by atoms with Crippen LogP contribution < -0.4 is 4.72 Å². The predicted octanol–water partition coefficient (Wildman–Crippen LogP) is 5.92. The van der Waals surface area contributed by atoms with E-state index in [-0.39, 0.29) is 29.6 Å². The lowest BCUT2D eigenvalue weighted by Crippen LogP contribution is -2.37. The number of hydrogen-bond acceptors (Lipinski definition) is 4. The number of halogens is 1. The van der Waals surface area contributed by atoms with Crippen LogP contribution in [0.4, 0.5) is 0 Å². The molecule has 1 amide bonds. The average Bonchev–Trinajstić information content (AvgIpc) is 2.91. The van der Waals surface area contributed by atoms with E-state index in [1.54, 1.807) is 6.92 Å². The van der Waals surface area contributed by atoms with Crippen molar-refractivity contribution in [1.29, 1.82) is 0 Å². The van der Waals surface area contributed by atoms with Gasteiger partial charge in [-0.3, -0.25) is 14.5 Å². The number of hydrogen-bond donors (Lipinski definition) is 1. The van der Waals surface area contributed by atoms with Crippen LogP contribution in [0.5, 0.6) is 0 Å². The number of Topliss-reactive ketones (excluding diaryl/α,β-unsaturated/α-hetero) is 1. The Kier molecular flexibility index (Phi) is 8.42. The van der Waals surface area contributed by atoms with E-state index in [2.05, 4.69) is 20.7 Å². The van der Waals surface area contributed by atoms with Crippen LogP contribution in [0.3, 0.4) is 0 Å². The van der Waals surface area contributed by atoms with E-state index >= 15 is 0 Å². The van der Waals surface area contributed by atoms with E-state index in [9.17, 15) is 18.0 Å². The van der Waals surface area contributed by atoms with Crippen LogP contribution in [0.1, 0.15) is 60.2 Å². The van der Waals surface area contributed by atoms with Gasteiger partial charge in [0.25, 0.3) is 5.91 Å². The van der Waals surface area contributed by atoms with Crippen LogP contribution in [0.2, 0.25) is 0 Å². The first kappa shape index (κ1) is 27.0. The molecule has 0 fully saturated rings. The van der Waals surface area contributed by atoms with Crippen molar-refractivity contribution in [3.8, 4) is 0 Å². The van der Waals surface area contributed by atoms with Gasteiger partial charge in [0, 0.05) is 28.6 Å². The Balaban J connectivity index is 1.78. The zero-order chi connectivity index (χ0) is 26.6. The van der Waals surface area contributed by atoms with Crippen LogP contribution in [0.25, 0.3) is 5.57 Å². The number of fused-ring (bicyclic) bond motifs is 1. The first-order valence-corrected chi connectivity index (χ1v) is 14.6. The molecule has 4 rings (SSSR count). The predicted molar refractivity (Wildman–Crippen MR) is 148 cm³/mol. The molecule has 0 saturated carbocycles. The number of sulfonamides is 1. The van der Waals surface area contributed by atoms with E-state index in [0.29, 0.717) is 23.4 Å². The summed E-state index contributed by atoms with van der Waals surface area (Å²) in [6, 6.07) is 21.3. The normalized spacial score (nSPS) is 13.4. The number of nitrogens with one attached hydrogen (secondary N) is 1. The highest BCUT2D eigenvalue weighted by molar-refractivity contribution is 9.10. The summed E-state index contributed by atoms with van der Waals surface area (Å²) in [6.07, 6.45) is 1.86. The molecule has 37 heavy (non-hydrogen) atoms. The van der Waals surface area contributed by atoms with Crippen molar-refractivity contribution in [2.75, 3.05) is 6.54 Å². The van der Waals surface area contributed by atoms with Gasteiger partial charge < -0.3 is 0 Å². The average molecular weight is 582 g/mol. The van der Waals surface area contributed by atoms with Crippen molar-refractivity contribution in [2.45, 2.75) is 44.6 Å². The molecule has 0 bridgehead atoms. The molecule has 1 aliphatic rings. The summed E-state index contributed by atoms with van der Waals surface area (Å²) in [7, 11) is -3.66. The van der Waals surface area contributed by atoms with Gasteiger partial charge in [0.05, 0.1) is 17.1 Å². The third-order valence-electron chi connectivity index (χ3n) is 6.30. The second kappa shape index (κ2) is 11.5. The number of allylic oxidation sites excluding steroid dienone is 1. The Morgan fingerprint density at radius 3 is 2.32 bits per heavy atom. The second-order valence-electron chi connectivity index (χ2n) is 8.83. The van der Waals surface area contributed by atoms with Gasteiger partial charge in [-0.25, -0.2) is 13.1 Å². The van der Waals surface area contributed by atoms with Crippen LogP contribution >= 0.6 is 15.9 Å². The van der Waals surface area contributed by atoms with Gasteiger partial charge in [0.15, 0.2) is 5.78 Å². The molecule has 3 aromatic rings. The lowest BCUT2D eigenvalue weighted by Gasteiger charge is -2.33. The Labute approximate surface area is 226 Å². The molecule has 1 aliphatic heterocycles. The van der Waals surface area contributed by atoms with Gasteiger partial charge in [-0.15, -0.1) is 0 Å². The topological polar surface area (TPSA) is 83.6 Å². The third-order valence-corrected chi connectivity index (χ3v) is 8.27. The minimum atomic E-state index is -3.66. The summed E-state index contributed by atoms with van der Waals surface area (Å²) in [5.74, 6) is -0.501. The highest BCUT2D eigenvalue weighted by Gasteiger charge is 2.33. The maximum Gasteiger partial charge on any atom is 0.258 e. The highest BCUT2D eigenvalue weighted by Crippen LogP contribution is 2.39. The monoisotopic (exact) mass is 580 g/mol. The molecule has 0 atom stereocenters. The molecule has 192 valence electrons. The zero-order valence-electron chi connectivity index (χ0n) is 20.8. The summed E-state index contributed by atoms with van der Waals surface area (Å²) in [5.41, 5.74) is 4.03. The van der Waals surface area contributed by atoms with Crippen molar-refractivity contribution >= 4 is 43.2 Å². The third kappa shape index (κ3) is 5.76. The fourth-order valence-corrected chi connectivity index (χ4v) is 5.79. The van der Waals surface area contributed by atoms with Crippen molar-refractivity contribution in [1.82, 2.24) is 9.62 Å². The van der Waals surface area contributed by atoms with Crippen molar-refractivity contribution < 1.29 is 18.0 Å². The second-order valence-corrected chi connectivity index (χ2v) is 11.5. The van der Waals surface area contributed by atoms with Gasteiger partial charge >= 0.3 is 0 Å². The Bertz CT molecular complexity index is 1450. The van der Waals surface area contributed by atoms with Crippen molar-refractivity contribution in [2.24, 2.45) is 0 Å². The molecule has 0 radical (unpaired) electrons. The Hall–Kier alpha value is -3.07. The van der Waals surface area contributed by atoms with Crippen LogP contribution in [-0.4, -0.2) is 31.6 Å². The largest absolute Gasteiger partial charge is 0.300 e. The van der Waals surface area contributed by atoms with E-state index in [1.165, 1.54) is 29.2 Å². The fourth-order valence-electron chi connectivity index (χ4n) is 4.36. The van der Waals surface area contributed by atoms with Gasteiger partial charge in [-0.2, -0.15) is 0 Å². The number of carbonyl (C=O) groups is 2. The molecule has 0 saturated heterocycles. The van der Waals surface area contributed by atoms with Crippen LogP contribution in [0, 0.1) is 0 Å². The first-order chi connectivity index (χ1) is 17.8. The molecule has 0 aromatic heterocycles. The SMILES string of the molecule is CCCCNS(=O)(=O)c1ccc(C(=O)N2Cc3ccc(Br)cc3C(c3ccccc3)=C2C(=O)CC)cc1. The molecule has 6 nitrogen and oxygen atoms in total. The molecule has 1 N–H and O–H groups in total. The number of ketones is 1. The molecular formula is C29H29BrN2O4S. The van der Waals surface area contributed by atoms with Gasteiger partial charge in [0.1, 0.15) is 0 Å². The number of benzene rings is 3. The summed E-state index contributed by atoms with van der Waals surface area (Å²) in [5, 5.41) is 0. The maximum atomic E-state index is 13.8. The molecule has 3 aromatic carbocycles. The summed E-state index contributed by atoms with van der Waals surface area (Å²) in [4.78, 5) is 28.8. The van der Waals surface area contributed by atoms with Crippen molar-refractivity contribution in [3.63, 3.8) is 0 Å². The smallest absolute Gasteiger partial charge is 0.258 e. The molecule has 0 aliphatic carbocycles. The molecular weight excluding hydrogens is 552 g/mol. The first-order valence-electron chi connectivity index (χ1n) is 12.3. The lowest BCUT2D eigenvalue weighted by molar-refractivity contribution is -0.116. The Morgan fingerprint density at radius 1 is 0.973 bits per heavy atom. The number of unbranched alkanes of at least 4 members (excludes halogenated alkanes) is 1. The van der Waals surface area contributed by atoms with Gasteiger partial charge in [-0.05, 0) is 59.5 Å². The van der Waals surface area contributed by atoms with Crippen molar-refractivity contribution in [3.05, 3.63) is 105 Å². The van der Waals surface area contributed by atoms with Crippen LogP contribution in [0.15, 0.2) is 87.9 Å². The number of rotatable bonds is 9. The Morgan fingerprint density at radius 2 is 1.68 bits per heavy atom. The number of amides is 1.